The number of carbonyl (C=O) groups is 2. The van der Waals surface area contributed by atoms with Crippen LogP contribution < -0.4 is 26.8 Å². The summed E-state index contributed by atoms with van der Waals surface area (Å²) < 4.78 is 5.73. The molecule has 3 amide bonds. The summed E-state index contributed by atoms with van der Waals surface area (Å²) in [6.07, 6.45) is -0.0505. The van der Waals surface area contributed by atoms with Gasteiger partial charge in [-0.15, -0.1) is 0 Å². The Labute approximate surface area is 295 Å². The van der Waals surface area contributed by atoms with Crippen molar-refractivity contribution < 1.29 is 24.5 Å². The van der Waals surface area contributed by atoms with Crippen molar-refractivity contribution in [1.82, 2.24) is 20.5 Å². The fraction of sp³-hybridized carbons (Fsp3) is 0.256. The number of para-hydroxylation sites is 1. The number of hydrogen-bond donors (Lipinski definition) is 7. The Kier molecular flexibility index (Phi) is 11.6. The molecule has 0 radical (unpaired) electrons. The third-order valence-corrected chi connectivity index (χ3v) is 8.91. The summed E-state index contributed by atoms with van der Waals surface area (Å²) in [5, 5.41) is 33.3. The number of carbonyl (C=O) groups excluding carboxylic acids is 2. The second-order valence-electron chi connectivity index (χ2n) is 12.5. The molecule has 7 N–H and O–H groups in total. The quantitative estimate of drug-likeness (QED) is 0.0894. The topological polar surface area (TPSA) is 168 Å². The number of aromatic hydroxyl groups is 1. The van der Waals surface area contributed by atoms with Gasteiger partial charge in [0.15, 0.2) is 0 Å². The molecule has 0 spiro atoms. The SMILES string of the molecule is O=C(NCCN1CCC(OC(=O)Nc2ccccc2-c2ccccc2)CC1)Nc1ccc(CNC[C@@H](O)c2ccc(O)c3[nH]c(=O)ccc23)cc1. The van der Waals surface area contributed by atoms with Gasteiger partial charge in [-0.05, 0) is 59.9 Å². The van der Waals surface area contributed by atoms with E-state index in [1.807, 2.05) is 78.9 Å². The van der Waals surface area contributed by atoms with E-state index in [1.54, 1.807) is 12.1 Å². The molecule has 0 unspecified atom stereocenters. The van der Waals surface area contributed by atoms with Crippen LogP contribution in [0.1, 0.15) is 30.1 Å². The predicted octanol–water partition coefficient (Wildman–Crippen LogP) is 5.56. The maximum atomic E-state index is 12.7. The number of likely N-dealkylation sites (tertiary alicyclic amines) is 1. The summed E-state index contributed by atoms with van der Waals surface area (Å²) in [4.78, 5) is 41.7. The summed E-state index contributed by atoms with van der Waals surface area (Å²) in [6, 6.07) is 30.7. The van der Waals surface area contributed by atoms with Crippen LogP contribution in [0.5, 0.6) is 5.75 Å². The Morgan fingerprint density at radius 2 is 1.63 bits per heavy atom. The number of aliphatic hydroxyl groups excluding tert-OH is 1. The van der Waals surface area contributed by atoms with Gasteiger partial charge in [0.25, 0.3) is 0 Å². The van der Waals surface area contributed by atoms with E-state index in [0.29, 0.717) is 47.5 Å². The number of piperidine rings is 1. The van der Waals surface area contributed by atoms with Crippen molar-refractivity contribution in [2.75, 3.05) is 43.4 Å². The van der Waals surface area contributed by atoms with Crippen molar-refractivity contribution >= 4 is 34.4 Å². The minimum Gasteiger partial charge on any atom is -0.506 e. The lowest BCUT2D eigenvalue weighted by Gasteiger charge is -2.31. The van der Waals surface area contributed by atoms with Crippen LogP contribution in [0.3, 0.4) is 0 Å². The van der Waals surface area contributed by atoms with Gasteiger partial charge in [-0.25, -0.2) is 9.59 Å². The molecule has 6 rings (SSSR count). The first-order valence-corrected chi connectivity index (χ1v) is 17.0. The Morgan fingerprint density at radius 1 is 0.882 bits per heavy atom. The van der Waals surface area contributed by atoms with Gasteiger partial charge in [0.2, 0.25) is 5.56 Å². The molecule has 5 aromatic rings. The molecule has 1 fully saturated rings. The van der Waals surface area contributed by atoms with E-state index in [4.69, 9.17) is 4.74 Å². The number of aliphatic hydroxyl groups is 1. The molecular weight excluding hydrogens is 648 g/mol. The number of rotatable bonds is 12. The molecule has 1 atom stereocenters. The molecule has 51 heavy (non-hydrogen) atoms. The summed E-state index contributed by atoms with van der Waals surface area (Å²) in [6.45, 7) is 3.44. The molecule has 1 saturated heterocycles. The Bertz CT molecular complexity index is 1990. The summed E-state index contributed by atoms with van der Waals surface area (Å²) in [5.74, 6) is -0.0541. The van der Waals surface area contributed by atoms with E-state index in [2.05, 4.69) is 31.2 Å². The van der Waals surface area contributed by atoms with Crippen LogP contribution in [0, 0.1) is 0 Å². The first kappa shape index (κ1) is 35.1. The molecular formula is C39H42N6O6. The first-order chi connectivity index (χ1) is 24.8. The Morgan fingerprint density at radius 3 is 2.41 bits per heavy atom. The van der Waals surface area contributed by atoms with Crippen molar-refractivity contribution in [3.8, 4) is 16.9 Å². The number of ether oxygens (including phenoxy) is 1. The largest absolute Gasteiger partial charge is 0.506 e. The molecule has 1 aromatic heterocycles. The van der Waals surface area contributed by atoms with Gasteiger partial charge in [-0.1, -0.05) is 66.7 Å². The molecule has 12 nitrogen and oxygen atoms in total. The molecule has 2 heterocycles. The predicted molar refractivity (Wildman–Crippen MR) is 198 cm³/mol. The van der Waals surface area contributed by atoms with Crippen LogP contribution in [0.2, 0.25) is 0 Å². The first-order valence-electron chi connectivity index (χ1n) is 17.0. The standard InChI is InChI=1S/C39H42N6O6/c46-34-16-14-31(32-15-17-36(48)44-37(32)34)35(47)25-40-24-26-10-12-28(13-11-26)42-38(49)41-20-23-45-21-18-29(19-22-45)51-39(50)43-33-9-5-4-8-30(33)27-6-2-1-3-7-27/h1-17,29,35,40,46-47H,18-25H2,(H,43,50)(H,44,48)(H2,41,42,49)/t35-/m1/s1. The van der Waals surface area contributed by atoms with Crippen molar-refractivity contribution in [3.63, 3.8) is 0 Å². The van der Waals surface area contributed by atoms with E-state index >= 15 is 0 Å². The highest BCUT2D eigenvalue weighted by molar-refractivity contribution is 5.92. The molecule has 0 aliphatic carbocycles. The number of anilines is 2. The lowest BCUT2D eigenvalue weighted by Crippen LogP contribution is -2.42. The fourth-order valence-electron chi connectivity index (χ4n) is 6.22. The van der Waals surface area contributed by atoms with Crippen LogP contribution in [0.15, 0.2) is 108 Å². The number of amides is 3. The number of fused-ring (bicyclic) bond motifs is 1. The molecule has 1 aliphatic heterocycles. The van der Waals surface area contributed by atoms with Gasteiger partial charge in [0.05, 0.1) is 17.3 Å². The highest BCUT2D eigenvalue weighted by atomic mass is 16.6. The number of pyridine rings is 1. The normalized spacial score (nSPS) is 14.1. The Hall–Kier alpha value is -5.69. The number of aromatic amines is 1. The van der Waals surface area contributed by atoms with Crippen LogP contribution in [-0.4, -0.2) is 71.0 Å². The number of urea groups is 1. The van der Waals surface area contributed by atoms with Crippen molar-refractivity contribution in [1.29, 1.82) is 0 Å². The van der Waals surface area contributed by atoms with E-state index in [1.165, 1.54) is 12.1 Å². The van der Waals surface area contributed by atoms with Gasteiger partial charge < -0.3 is 40.8 Å². The van der Waals surface area contributed by atoms with Gasteiger partial charge in [-0.3, -0.25) is 10.1 Å². The van der Waals surface area contributed by atoms with E-state index in [9.17, 15) is 24.6 Å². The minimum atomic E-state index is -0.857. The summed E-state index contributed by atoms with van der Waals surface area (Å²) in [5.41, 5.74) is 4.84. The average molecular weight is 691 g/mol. The number of aromatic nitrogens is 1. The third kappa shape index (κ3) is 9.51. The van der Waals surface area contributed by atoms with Crippen molar-refractivity contribution in [2.45, 2.75) is 31.6 Å². The Balaban J connectivity index is 0.864. The van der Waals surface area contributed by atoms with Gasteiger partial charge in [-0.2, -0.15) is 0 Å². The molecule has 0 bridgehead atoms. The molecule has 264 valence electrons. The summed E-state index contributed by atoms with van der Waals surface area (Å²) in [7, 11) is 0. The number of phenolic OH excluding ortho intramolecular Hbond substituents is 1. The fourth-order valence-corrected chi connectivity index (χ4v) is 6.22. The van der Waals surface area contributed by atoms with Crippen LogP contribution in [0.4, 0.5) is 21.0 Å². The number of H-pyrrole nitrogens is 1. The van der Waals surface area contributed by atoms with E-state index in [-0.39, 0.29) is 30.0 Å². The second-order valence-corrected chi connectivity index (χ2v) is 12.5. The zero-order valence-corrected chi connectivity index (χ0v) is 28.1. The van der Waals surface area contributed by atoms with Gasteiger partial charge in [0.1, 0.15) is 11.9 Å². The molecule has 12 heteroatoms. The number of phenols is 1. The third-order valence-electron chi connectivity index (χ3n) is 8.91. The number of hydrogen-bond acceptors (Lipinski definition) is 8. The van der Waals surface area contributed by atoms with Crippen LogP contribution in [-0.2, 0) is 11.3 Å². The zero-order chi connectivity index (χ0) is 35.6. The van der Waals surface area contributed by atoms with Gasteiger partial charge >= 0.3 is 12.1 Å². The van der Waals surface area contributed by atoms with Crippen LogP contribution in [0.25, 0.3) is 22.0 Å². The molecule has 1 aliphatic rings. The van der Waals surface area contributed by atoms with Crippen molar-refractivity contribution in [3.05, 3.63) is 125 Å². The monoisotopic (exact) mass is 690 g/mol. The highest BCUT2D eigenvalue weighted by Gasteiger charge is 2.23. The van der Waals surface area contributed by atoms with E-state index in [0.717, 1.165) is 42.6 Å². The summed E-state index contributed by atoms with van der Waals surface area (Å²) >= 11 is 0. The molecule has 4 aromatic carbocycles. The lowest BCUT2D eigenvalue weighted by molar-refractivity contribution is 0.0594. The lowest BCUT2D eigenvalue weighted by atomic mass is 10.0. The molecule has 0 saturated carbocycles. The van der Waals surface area contributed by atoms with Gasteiger partial charge in [0, 0.05) is 62.0 Å². The van der Waals surface area contributed by atoms with E-state index < -0.39 is 12.2 Å². The average Bonchev–Trinajstić information content (AvgIpc) is 3.14. The zero-order valence-electron chi connectivity index (χ0n) is 28.1. The maximum Gasteiger partial charge on any atom is 0.411 e. The minimum absolute atomic E-state index is 0.0541. The number of nitrogens with one attached hydrogen (secondary N) is 5. The number of nitrogens with zero attached hydrogens (tertiary/aromatic N) is 1. The number of benzene rings is 4. The van der Waals surface area contributed by atoms with Crippen LogP contribution >= 0.6 is 0 Å². The second kappa shape index (κ2) is 16.8. The van der Waals surface area contributed by atoms with Crippen molar-refractivity contribution in [2.24, 2.45) is 0 Å². The smallest absolute Gasteiger partial charge is 0.411 e. The maximum absolute atomic E-state index is 12.7. The highest BCUT2D eigenvalue weighted by Crippen LogP contribution is 2.29.